The molecule has 0 saturated heterocycles. The predicted molar refractivity (Wildman–Crippen MR) is 134 cm³/mol. The second-order valence-electron chi connectivity index (χ2n) is 13.6. The van der Waals surface area contributed by atoms with Crippen molar-refractivity contribution in [2.24, 2.45) is 39.4 Å². The molecule has 2 saturated carbocycles. The highest BCUT2D eigenvalue weighted by atomic mass is 16.7. The number of hydrogen-bond acceptors (Lipinski definition) is 4. The first-order chi connectivity index (χ1) is 15.7. The van der Waals surface area contributed by atoms with Crippen molar-refractivity contribution in [1.82, 2.24) is 0 Å². The molecule has 0 radical (unpaired) electrons. The summed E-state index contributed by atoms with van der Waals surface area (Å²) in [5.74, 6) is -0.714. The Morgan fingerprint density at radius 1 is 1.09 bits per heavy atom. The van der Waals surface area contributed by atoms with Crippen LogP contribution in [0.3, 0.4) is 0 Å². The molecule has 5 rings (SSSR count). The Morgan fingerprint density at radius 2 is 1.79 bits per heavy atom. The van der Waals surface area contributed by atoms with Gasteiger partial charge in [0, 0.05) is 12.0 Å². The Balaban J connectivity index is 1.45. The second-order valence-corrected chi connectivity index (χ2v) is 13.6. The van der Waals surface area contributed by atoms with E-state index in [-0.39, 0.29) is 33.7 Å². The molecule has 1 unspecified atom stereocenters. The largest absolute Gasteiger partial charge is 0.426 e. The Hall–Kier alpha value is -1.39. The molecule has 1 aliphatic heterocycles. The van der Waals surface area contributed by atoms with Crippen LogP contribution >= 0.6 is 0 Å². The van der Waals surface area contributed by atoms with Crippen LogP contribution in [0.25, 0.3) is 0 Å². The standard InChI is InChI=1S/C30H44O4/c1-18(16-30(33)17-19(2)25(32)34-30)20-10-14-29(7)22-8-9-23-26(3,4)24(31)12-13-27(23,5)21(22)11-15-28(20,29)6/h10-11,17-18,22-24,31,33H,8-9,12-16H2,1-7H3/t18-,22-,23+,24-,27-,28-,29+,30?/m1/s1. The summed E-state index contributed by atoms with van der Waals surface area (Å²) >= 11 is 0. The lowest BCUT2D eigenvalue weighted by Gasteiger charge is -2.64. The maximum atomic E-state index is 11.9. The minimum Gasteiger partial charge on any atom is -0.426 e. The summed E-state index contributed by atoms with van der Waals surface area (Å²) in [6.45, 7) is 15.9. The van der Waals surface area contributed by atoms with E-state index in [0.717, 1.165) is 25.7 Å². The third-order valence-electron chi connectivity index (χ3n) is 11.5. The van der Waals surface area contributed by atoms with Gasteiger partial charge in [-0.2, -0.15) is 0 Å². The molecule has 0 amide bonds. The Bertz CT molecular complexity index is 1000. The van der Waals surface area contributed by atoms with Gasteiger partial charge in [0.1, 0.15) is 0 Å². The van der Waals surface area contributed by atoms with Crippen molar-refractivity contribution in [3.8, 4) is 0 Å². The van der Waals surface area contributed by atoms with E-state index < -0.39 is 11.8 Å². The number of aliphatic hydroxyl groups excluding tert-OH is 1. The number of aliphatic hydroxyl groups is 2. The number of rotatable bonds is 3. The van der Waals surface area contributed by atoms with Crippen molar-refractivity contribution >= 4 is 5.97 Å². The van der Waals surface area contributed by atoms with Gasteiger partial charge in [-0.3, -0.25) is 0 Å². The first kappa shape index (κ1) is 24.3. The molecule has 1 heterocycles. The number of allylic oxidation sites excluding steroid dienone is 4. The average Bonchev–Trinajstić information content (AvgIpc) is 3.16. The molecule has 188 valence electrons. The Morgan fingerprint density at radius 3 is 2.44 bits per heavy atom. The fourth-order valence-electron chi connectivity index (χ4n) is 9.35. The SMILES string of the molecule is CC1=CC(O)(C[C@@H](C)C2=CC[C@@]3(C)[C@@H]4CC[C@H]5C(C)(C)[C@H](O)CC[C@]5(C)C4=CC[C@]23C)OC1=O. The third kappa shape index (κ3) is 3.06. The van der Waals surface area contributed by atoms with Crippen LogP contribution in [0.5, 0.6) is 0 Å². The molecule has 4 nitrogen and oxygen atoms in total. The van der Waals surface area contributed by atoms with Crippen LogP contribution < -0.4 is 0 Å². The number of ether oxygens (including phenoxy) is 1. The highest BCUT2D eigenvalue weighted by Gasteiger charge is 2.63. The predicted octanol–water partition coefficient (Wildman–Crippen LogP) is 6.09. The van der Waals surface area contributed by atoms with Crippen LogP contribution in [0.2, 0.25) is 0 Å². The van der Waals surface area contributed by atoms with E-state index in [1.165, 1.54) is 18.4 Å². The van der Waals surface area contributed by atoms with Gasteiger partial charge in [0.05, 0.1) is 6.10 Å². The van der Waals surface area contributed by atoms with E-state index in [1.54, 1.807) is 18.6 Å². The van der Waals surface area contributed by atoms with Crippen LogP contribution in [0, 0.1) is 39.4 Å². The van der Waals surface area contributed by atoms with Crippen LogP contribution in [-0.4, -0.2) is 28.1 Å². The van der Waals surface area contributed by atoms with E-state index >= 15 is 0 Å². The smallest absolute Gasteiger partial charge is 0.336 e. The molecule has 4 aliphatic carbocycles. The summed E-state index contributed by atoms with van der Waals surface area (Å²) in [4.78, 5) is 11.9. The topological polar surface area (TPSA) is 66.8 Å². The number of carbonyl (C=O) groups excluding carboxylic acids is 1. The average molecular weight is 469 g/mol. The van der Waals surface area contributed by atoms with Crippen molar-refractivity contribution in [2.45, 2.75) is 105 Å². The number of hydrogen-bond donors (Lipinski definition) is 2. The molecule has 0 spiro atoms. The molecule has 4 heteroatoms. The third-order valence-corrected chi connectivity index (χ3v) is 11.5. The zero-order valence-electron chi connectivity index (χ0n) is 22.2. The lowest BCUT2D eigenvalue weighted by Crippen LogP contribution is -2.57. The quantitative estimate of drug-likeness (QED) is 0.388. The summed E-state index contributed by atoms with van der Waals surface area (Å²) in [7, 11) is 0. The maximum Gasteiger partial charge on any atom is 0.336 e. The minimum absolute atomic E-state index is 0.0329. The summed E-state index contributed by atoms with van der Waals surface area (Å²) < 4.78 is 5.34. The lowest BCUT2D eigenvalue weighted by atomic mass is 9.41. The van der Waals surface area contributed by atoms with E-state index in [0.29, 0.717) is 23.8 Å². The van der Waals surface area contributed by atoms with Gasteiger partial charge in [0.2, 0.25) is 5.79 Å². The lowest BCUT2D eigenvalue weighted by molar-refractivity contribution is -0.182. The summed E-state index contributed by atoms with van der Waals surface area (Å²) in [6, 6.07) is 0. The fourth-order valence-corrected chi connectivity index (χ4v) is 9.35. The first-order valence-corrected chi connectivity index (χ1v) is 13.4. The molecule has 2 N–H and O–H groups in total. The number of esters is 1. The van der Waals surface area contributed by atoms with Gasteiger partial charge in [-0.25, -0.2) is 4.79 Å². The van der Waals surface area contributed by atoms with E-state index in [2.05, 4.69) is 53.7 Å². The Labute approximate surface area is 205 Å². The number of cyclic esters (lactones) is 1. The van der Waals surface area contributed by atoms with Gasteiger partial charge in [0.25, 0.3) is 0 Å². The molecule has 0 aromatic rings. The van der Waals surface area contributed by atoms with Gasteiger partial charge in [-0.15, -0.1) is 0 Å². The molecule has 0 aromatic carbocycles. The van der Waals surface area contributed by atoms with Crippen molar-refractivity contribution in [3.05, 3.63) is 34.9 Å². The highest BCUT2D eigenvalue weighted by molar-refractivity contribution is 5.90. The zero-order chi connectivity index (χ0) is 24.9. The summed E-state index contributed by atoms with van der Waals surface area (Å²) in [5.41, 5.74) is 3.86. The molecule has 0 bridgehead atoms. The first-order valence-electron chi connectivity index (χ1n) is 13.4. The summed E-state index contributed by atoms with van der Waals surface area (Å²) in [5, 5.41) is 21.8. The van der Waals surface area contributed by atoms with Crippen LogP contribution in [0.4, 0.5) is 0 Å². The minimum atomic E-state index is -1.49. The monoisotopic (exact) mass is 468 g/mol. The molecular formula is C30H44O4. The van der Waals surface area contributed by atoms with Gasteiger partial charge in [-0.05, 0) is 90.9 Å². The van der Waals surface area contributed by atoms with Crippen LogP contribution in [0.1, 0.15) is 93.4 Å². The molecule has 5 aliphatic rings. The van der Waals surface area contributed by atoms with Gasteiger partial charge < -0.3 is 14.9 Å². The Kier molecular flexibility index (Phi) is 5.23. The van der Waals surface area contributed by atoms with Gasteiger partial charge in [-0.1, -0.05) is 64.8 Å². The van der Waals surface area contributed by atoms with Crippen molar-refractivity contribution in [3.63, 3.8) is 0 Å². The molecule has 2 fully saturated rings. The van der Waals surface area contributed by atoms with Gasteiger partial charge in [0.15, 0.2) is 0 Å². The van der Waals surface area contributed by atoms with E-state index in [4.69, 9.17) is 4.74 Å². The summed E-state index contributed by atoms with van der Waals surface area (Å²) in [6.07, 6.45) is 13.2. The van der Waals surface area contributed by atoms with E-state index in [9.17, 15) is 15.0 Å². The van der Waals surface area contributed by atoms with Crippen molar-refractivity contribution < 1.29 is 19.7 Å². The fraction of sp³-hybridized carbons (Fsp3) is 0.767. The molecule has 34 heavy (non-hydrogen) atoms. The van der Waals surface area contributed by atoms with Crippen LogP contribution in [0.15, 0.2) is 34.9 Å². The molecule has 0 aromatic heterocycles. The van der Waals surface area contributed by atoms with Crippen molar-refractivity contribution in [2.75, 3.05) is 0 Å². The van der Waals surface area contributed by atoms with Crippen molar-refractivity contribution in [1.29, 1.82) is 0 Å². The zero-order valence-corrected chi connectivity index (χ0v) is 22.2. The molecule has 8 atom stereocenters. The highest BCUT2D eigenvalue weighted by Crippen LogP contribution is 2.71. The maximum absolute atomic E-state index is 11.9. The van der Waals surface area contributed by atoms with E-state index in [1.807, 2.05) is 0 Å². The normalized spacial score (nSPS) is 48.1. The number of carbonyl (C=O) groups is 1. The van der Waals surface area contributed by atoms with Gasteiger partial charge >= 0.3 is 5.97 Å². The number of fused-ring (bicyclic) bond motifs is 5. The van der Waals surface area contributed by atoms with Crippen LogP contribution in [-0.2, 0) is 9.53 Å². The second kappa shape index (κ2) is 7.32. The molecular weight excluding hydrogens is 424 g/mol.